The van der Waals surface area contributed by atoms with E-state index in [1.807, 2.05) is 36.4 Å². The Hall–Kier alpha value is -2.02. The normalized spacial score (nSPS) is 11.4. The summed E-state index contributed by atoms with van der Waals surface area (Å²) in [7, 11) is 0. The molecule has 0 saturated heterocycles. The van der Waals surface area contributed by atoms with E-state index in [9.17, 15) is 4.79 Å². The van der Waals surface area contributed by atoms with Gasteiger partial charge in [0.05, 0.1) is 6.07 Å². The lowest BCUT2D eigenvalue weighted by atomic mass is 10.1. The lowest BCUT2D eigenvalue weighted by molar-refractivity contribution is 0.192. The van der Waals surface area contributed by atoms with Gasteiger partial charge in [0.1, 0.15) is 6.04 Å². The first-order chi connectivity index (χ1) is 6.72. The molecule has 1 unspecified atom stereocenters. The molecule has 0 heterocycles. The number of rotatable bonds is 3. The molecule has 1 aromatic carbocycles. The molecule has 0 fully saturated rings. The SMILES string of the molecule is N#CC(Cc1ccccc1)NC(=O)O. The van der Waals surface area contributed by atoms with Gasteiger partial charge in [0, 0.05) is 6.42 Å². The van der Waals surface area contributed by atoms with Crippen molar-refractivity contribution < 1.29 is 9.90 Å². The summed E-state index contributed by atoms with van der Waals surface area (Å²) in [6.45, 7) is 0. The van der Waals surface area contributed by atoms with E-state index in [1.54, 1.807) is 0 Å². The van der Waals surface area contributed by atoms with Crippen molar-refractivity contribution in [2.24, 2.45) is 0 Å². The molecule has 1 amide bonds. The smallest absolute Gasteiger partial charge is 0.405 e. The average molecular weight is 190 g/mol. The Labute approximate surface area is 81.8 Å². The van der Waals surface area contributed by atoms with Crippen molar-refractivity contribution in [2.45, 2.75) is 12.5 Å². The maximum Gasteiger partial charge on any atom is 0.405 e. The van der Waals surface area contributed by atoms with Crippen molar-refractivity contribution in [3.63, 3.8) is 0 Å². The van der Waals surface area contributed by atoms with E-state index in [-0.39, 0.29) is 0 Å². The maximum atomic E-state index is 10.3. The molecule has 0 radical (unpaired) electrons. The zero-order chi connectivity index (χ0) is 10.4. The van der Waals surface area contributed by atoms with Gasteiger partial charge in [-0.25, -0.2) is 4.79 Å². The predicted molar refractivity (Wildman–Crippen MR) is 50.7 cm³/mol. The molecule has 1 rings (SSSR count). The molecule has 0 spiro atoms. The summed E-state index contributed by atoms with van der Waals surface area (Å²) in [5.74, 6) is 0. The second-order valence-corrected chi connectivity index (χ2v) is 2.82. The highest BCUT2D eigenvalue weighted by Gasteiger charge is 2.10. The van der Waals surface area contributed by atoms with Crippen LogP contribution in [0.5, 0.6) is 0 Å². The molecule has 1 aromatic rings. The second-order valence-electron chi connectivity index (χ2n) is 2.82. The van der Waals surface area contributed by atoms with E-state index in [1.165, 1.54) is 0 Å². The molecule has 0 aromatic heterocycles. The number of amides is 1. The minimum atomic E-state index is -1.17. The highest BCUT2D eigenvalue weighted by molar-refractivity contribution is 5.65. The fraction of sp³-hybridized carbons (Fsp3) is 0.200. The summed E-state index contributed by atoms with van der Waals surface area (Å²) in [5, 5.41) is 19.2. The van der Waals surface area contributed by atoms with Crippen LogP contribution in [0.15, 0.2) is 30.3 Å². The van der Waals surface area contributed by atoms with Crippen molar-refractivity contribution in [3.8, 4) is 6.07 Å². The first-order valence-corrected chi connectivity index (χ1v) is 4.15. The molecule has 0 aliphatic rings. The maximum absolute atomic E-state index is 10.3. The van der Waals surface area contributed by atoms with Crippen LogP contribution in [0.25, 0.3) is 0 Å². The summed E-state index contributed by atoms with van der Waals surface area (Å²) < 4.78 is 0. The lowest BCUT2D eigenvalue weighted by Gasteiger charge is -2.07. The summed E-state index contributed by atoms with van der Waals surface area (Å²) in [6.07, 6.45) is -0.781. The minimum Gasteiger partial charge on any atom is -0.465 e. The van der Waals surface area contributed by atoms with E-state index in [0.29, 0.717) is 6.42 Å². The molecule has 72 valence electrons. The van der Waals surface area contributed by atoms with Gasteiger partial charge in [-0.05, 0) is 5.56 Å². The average Bonchev–Trinajstić information content (AvgIpc) is 2.17. The number of hydrogen-bond donors (Lipinski definition) is 2. The fourth-order valence-electron chi connectivity index (χ4n) is 1.13. The number of carbonyl (C=O) groups is 1. The molecule has 0 bridgehead atoms. The van der Waals surface area contributed by atoms with Gasteiger partial charge in [-0.1, -0.05) is 30.3 Å². The molecule has 4 heteroatoms. The van der Waals surface area contributed by atoms with Gasteiger partial charge in [-0.15, -0.1) is 0 Å². The summed E-state index contributed by atoms with van der Waals surface area (Å²) in [4.78, 5) is 10.3. The second kappa shape index (κ2) is 4.87. The van der Waals surface area contributed by atoms with Gasteiger partial charge in [0.2, 0.25) is 0 Å². The summed E-state index contributed by atoms with van der Waals surface area (Å²) >= 11 is 0. The molecule has 1 atom stereocenters. The molecule has 4 nitrogen and oxygen atoms in total. The molecule has 0 aliphatic heterocycles. The highest BCUT2D eigenvalue weighted by atomic mass is 16.4. The summed E-state index contributed by atoms with van der Waals surface area (Å²) in [6, 6.07) is 10.5. The van der Waals surface area contributed by atoms with Crippen LogP contribution in [0.3, 0.4) is 0 Å². The fourth-order valence-corrected chi connectivity index (χ4v) is 1.13. The number of nitrogens with one attached hydrogen (secondary N) is 1. The Kier molecular flexibility index (Phi) is 3.50. The van der Waals surface area contributed by atoms with Gasteiger partial charge < -0.3 is 10.4 Å². The minimum absolute atomic E-state index is 0.393. The third-order valence-corrected chi connectivity index (χ3v) is 1.74. The number of nitriles is 1. The number of benzene rings is 1. The van der Waals surface area contributed by atoms with E-state index in [2.05, 4.69) is 5.32 Å². The van der Waals surface area contributed by atoms with Gasteiger partial charge >= 0.3 is 6.09 Å². The van der Waals surface area contributed by atoms with Crippen molar-refractivity contribution in [3.05, 3.63) is 35.9 Å². The van der Waals surface area contributed by atoms with Gasteiger partial charge in [0.25, 0.3) is 0 Å². The lowest BCUT2D eigenvalue weighted by Crippen LogP contribution is -2.33. The Balaban J connectivity index is 2.58. The van der Waals surface area contributed by atoms with Gasteiger partial charge in [0.15, 0.2) is 0 Å². The highest BCUT2D eigenvalue weighted by Crippen LogP contribution is 2.02. The van der Waals surface area contributed by atoms with Crippen LogP contribution >= 0.6 is 0 Å². The zero-order valence-electron chi connectivity index (χ0n) is 7.47. The molecule has 14 heavy (non-hydrogen) atoms. The van der Waals surface area contributed by atoms with E-state index in [0.717, 1.165) is 5.56 Å². The topological polar surface area (TPSA) is 73.1 Å². The number of hydrogen-bond acceptors (Lipinski definition) is 2. The van der Waals surface area contributed by atoms with Gasteiger partial charge in [-0.3, -0.25) is 0 Å². The molecular formula is C10H10N2O2. The van der Waals surface area contributed by atoms with Crippen LogP contribution in [0.2, 0.25) is 0 Å². The van der Waals surface area contributed by atoms with Crippen LogP contribution in [-0.2, 0) is 6.42 Å². The van der Waals surface area contributed by atoms with E-state index >= 15 is 0 Å². The molecular weight excluding hydrogens is 180 g/mol. The van der Waals surface area contributed by atoms with E-state index in [4.69, 9.17) is 10.4 Å². The van der Waals surface area contributed by atoms with Crippen LogP contribution in [0, 0.1) is 11.3 Å². The van der Waals surface area contributed by atoms with Crippen molar-refractivity contribution >= 4 is 6.09 Å². The van der Waals surface area contributed by atoms with Crippen molar-refractivity contribution in [2.75, 3.05) is 0 Å². The largest absolute Gasteiger partial charge is 0.465 e. The van der Waals surface area contributed by atoms with Crippen LogP contribution in [0.4, 0.5) is 4.79 Å². The Morgan fingerprint density at radius 3 is 2.64 bits per heavy atom. The van der Waals surface area contributed by atoms with Crippen LogP contribution in [-0.4, -0.2) is 17.2 Å². The first-order valence-electron chi connectivity index (χ1n) is 4.15. The third kappa shape index (κ3) is 3.15. The monoisotopic (exact) mass is 190 g/mol. The number of nitrogens with zero attached hydrogens (tertiary/aromatic N) is 1. The third-order valence-electron chi connectivity index (χ3n) is 1.74. The summed E-state index contributed by atoms with van der Waals surface area (Å²) in [5.41, 5.74) is 0.938. The molecule has 0 saturated carbocycles. The van der Waals surface area contributed by atoms with Crippen LogP contribution in [0.1, 0.15) is 5.56 Å². The Morgan fingerprint density at radius 2 is 2.14 bits per heavy atom. The standard InChI is InChI=1S/C10H10N2O2/c11-7-9(12-10(13)14)6-8-4-2-1-3-5-8/h1-5,9,12H,6H2,(H,13,14). The first kappa shape index (κ1) is 10.1. The zero-order valence-corrected chi connectivity index (χ0v) is 7.47. The predicted octanol–water partition coefficient (Wildman–Crippen LogP) is 1.39. The van der Waals surface area contributed by atoms with E-state index < -0.39 is 12.1 Å². The van der Waals surface area contributed by atoms with Crippen molar-refractivity contribution in [1.82, 2.24) is 5.32 Å². The van der Waals surface area contributed by atoms with Crippen molar-refractivity contribution in [1.29, 1.82) is 5.26 Å². The molecule has 0 aliphatic carbocycles. The van der Waals surface area contributed by atoms with Gasteiger partial charge in [-0.2, -0.15) is 5.26 Å². The molecule has 2 N–H and O–H groups in total. The quantitative estimate of drug-likeness (QED) is 0.756. The Morgan fingerprint density at radius 1 is 1.50 bits per heavy atom. The van der Waals surface area contributed by atoms with Crippen LogP contribution < -0.4 is 5.32 Å². The Bertz CT molecular complexity index is 343. The number of carboxylic acid groups (broad SMARTS) is 1.